The van der Waals surface area contributed by atoms with E-state index in [1.54, 1.807) is 18.9 Å². The Balaban J connectivity index is 2.01. The Morgan fingerprint density at radius 3 is 2.79 bits per heavy atom. The molecular weight excluding hydrogens is 308 g/mol. The van der Waals surface area contributed by atoms with Crippen molar-refractivity contribution in [3.05, 3.63) is 59.2 Å². The summed E-state index contributed by atoms with van der Waals surface area (Å²) in [6.07, 6.45) is 2.80. The molecule has 0 saturated heterocycles. The number of carbonyl (C=O) groups is 2. The van der Waals surface area contributed by atoms with Gasteiger partial charge in [-0.2, -0.15) is 5.10 Å². The fraction of sp³-hybridized carbons (Fsp3) is 0.176. The maximum absolute atomic E-state index is 12.8. The highest BCUT2D eigenvalue weighted by atomic mass is 16.4. The van der Waals surface area contributed by atoms with Gasteiger partial charge in [0, 0.05) is 18.9 Å². The molecule has 0 radical (unpaired) electrons. The second-order valence-corrected chi connectivity index (χ2v) is 5.80. The molecule has 1 unspecified atom stereocenters. The number of carboxylic acids is 1. The fourth-order valence-corrected chi connectivity index (χ4v) is 3.36. The molecule has 1 aliphatic heterocycles. The highest BCUT2D eigenvalue weighted by Gasteiger charge is 2.38. The number of benzene rings is 1. The van der Waals surface area contributed by atoms with E-state index in [0.717, 1.165) is 11.3 Å². The predicted octanol–water partition coefficient (Wildman–Crippen LogP) is 1.84. The van der Waals surface area contributed by atoms with Crippen LogP contribution < -0.4 is 4.90 Å². The monoisotopic (exact) mass is 322 g/mol. The van der Waals surface area contributed by atoms with Crippen LogP contribution in [0.1, 0.15) is 33.1 Å². The highest BCUT2D eigenvalue weighted by molar-refractivity contribution is 6.07. The Kier molecular flexibility index (Phi) is 2.93. The van der Waals surface area contributed by atoms with Gasteiger partial charge in [-0.25, -0.2) is 14.3 Å². The highest BCUT2D eigenvalue weighted by Crippen LogP contribution is 2.41. The van der Waals surface area contributed by atoms with Crippen molar-refractivity contribution < 1.29 is 14.7 Å². The molecule has 1 aliphatic rings. The molecule has 0 aliphatic carbocycles. The van der Waals surface area contributed by atoms with Crippen molar-refractivity contribution in [3.63, 3.8) is 0 Å². The number of hydrogen-bond donors (Lipinski definition) is 1. The molecule has 7 nitrogen and oxygen atoms in total. The number of para-hydroxylation sites is 1. The summed E-state index contributed by atoms with van der Waals surface area (Å²) in [6.45, 7) is 1.71. The standard InChI is InChI=1S/C17H14N4O3/c1-9-11(17(23)24)7-21-15(9)14(18-8-19-21)13-10-5-3-4-6-12(10)20(2)16(13)22/h3-8,13H,1-2H3,(H,23,24). The number of carbonyl (C=O) groups excluding carboxylic acids is 1. The molecule has 1 aromatic carbocycles. The van der Waals surface area contributed by atoms with Gasteiger partial charge in [-0.05, 0) is 24.1 Å². The third-order valence-corrected chi connectivity index (χ3v) is 4.55. The fourth-order valence-electron chi connectivity index (χ4n) is 3.36. The quantitative estimate of drug-likeness (QED) is 0.778. The lowest BCUT2D eigenvalue weighted by molar-refractivity contribution is -0.118. The molecule has 7 heteroatoms. The van der Waals surface area contributed by atoms with Crippen molar-refractivity contribution >= 4 is 23.1 Å². The van der Waals surface area contributed by atoms with Gasteiger partial charge in [-0.1, -0.05) is 18.2 Å². The molecule has 0 bridgehead atoms. The number of hydrogen-bond acceptors (Lipinski definition) is 4. The first-order valence-electron chi connectivity index (χ1n) is 7.43. The van der Waals surface area contributed by atoms with E-state index in [4.69, 9.17) is 0 Å². The van der Waals surface area contributed by atoms with Gasteiger partial charge >= 0.3 is 5.97 Å². The zero-order valence-electron chi connectivity index (χ0n) is 13.1. The summed E-state index contributed by atoms with van der Waals surface area (Å²) >= 11 is 0. The molecule has 1 atom stereocenters. The Morgan fingerprint density at radius 1 is 1.29 bits per heavy atom. The lowest BCUT2D eigenvalue weighted by Gasteiger charge is -2.12. The van der Waals surface area contributed by atoms with Crippen LogP contribution in [0.3, 0.4) is 0 Å². The van der Waals surface area contributed by atoms with Crippen LogP contribution in [-0.2, 0) is 4.79 Å². The number of amides is 1. The summed E-state index contributed by atoms with van der Waals surface area (Å²) < 4.78 is 1.48. The van der Waals surface area contributed by atoms with Gasteiger partial charge in [0.1, 0.15) is 12.2 Å². The minimum absolute atomic E-state index is 0.0886. The maximum Gasteiger partial charge on any atom is 0.337 e. The van der Waals surface area contributed by atoms with Gasteiger partial charge in [0.15, 0.2) is 0 Å². The number of aryl methyl sites for hydroxylation is 1. The molecule has 2 aromatic heterocycles. The van der Waals surface area contributed by atoms with Crippen molar-refractivity contribution in [1.29, 1.82) is 0 Å². The van der Waals surface area contributed by atoms with Gasteiger partial charge in [0.25, 0.3) is 0 Å². The Bertz CT molecular complexity index is 1010. The number of aromatic nitrogens is 3. The van der Waals surface area contributed by atoms with Crippen LogP contribution in [0, 0.1) is 6.92 Å². The van der Waals surface area contributed by atoms with Crippen LogP contribution >= 0.6 is 0 Å². The summed E-state index contributed by atoms with van der Waals surface area (Å²) in [5, 5.41) is 13.4. The number of likely N-dealkylation sites (N-methyl/N-ethyl adjacent to an activating group) is 1. The molecule has 1 amide bonds. The number of anilines is 1. The van der Waals surface area contributed by atoms with Crippen LogP contribution in [0.25, 0.3) is 5.52 Å². The first-order valence-corrected chi connectivity index (χ1v) is 7.43. The lowest BCUT2D eigenvalue weighted by atomic mass is 9.95. The number of fused-ring (bicyclic) bond motifs is 2. The van der Waals surface area contributed by atoms with E-state index in [1.807, 2.05) is 24.3 Å². The first kappa shape index (κ1) is 14.4. The van der Waals surface area contributed by atoms with Gasteiger partial charge in [-0.15, -0.1) is 0 Å². The van der Waals surface area contributed by atoms with E-state index in [2.05, 4.69) is 10.1 Å². The SMILES string of the molecule is Cc1c(C(=O)O)cn2ncnc(C3C(=O)N(C)c4ccccc43)c12. The maximum atomic E-state index is 12.8. The van der Waals surface area contributed by atoms with E-state index < -0.39 is 11.9 Å². The van der Waals surface area contributed by atoms with Gasteiger partial charge in [0.2, 0.25) is 5.91 Å². The number of rotatable bonds is 2. The summed E-state index contributed by atoms with van der Waals surface area (Å²) in [5.41, 5.74) is 3.51. The minimum atomic E-state index is -1.03. The third kappa shape index (κ3) is 1.78. The topological polar surface area (TPSA) is 87.8 Å². The molecule has 0 saturated carbocycles. The second kappa shape index (κ2) is 4.89. The van der Waals surface area contributed by atoms with Crippen molar-refractivity contribution in [2.45, 2.75) is 12.8 Å². The van der Waals surface area contributed by atoms with Crippen molar-refractivity contribution in [2.75, 3.05) is 11.9 Å². The first-order chi connectivity index (χ1) is 11.5. The summed E-state index contributed by atoms with van der Waals surface area (Å²) in [6, 6.07) is 7.55. The van der Waals surface area contributed by atoms with Gasteiger partial charge in [0.05, 0.1) is 16.8 Å². The third-order valence-electron chi connectivity index (χ3n) is 4.55. The van der Waals surface area contributed by atoms with E-state index in [1.165, 1.54) is 17.0 Å². The van der Waals surface area contributed by atoms with Crippen LogP contribution in [-0.4, -0.2) is 38.6 Å². The number of carboxylic acid groups (broad SMARTS) is 1. The Morgan fingerprint density at radius 2 is 2.04 bits per heavy atom. The Labute approximate surface area is 137 Å². The van der Waals surface area contributed by atoms with E-state index in [0.29, 0.717) is 16.8 Å². The van der Waals surface area contributed by atoms with E-state index in [-0.39, 0.29) is 11.5 Å². The number of nitrogens with zero attached hydrogens (tertiary/aromatic N) is 4. The lowest BCUT2D eigenvalue weighted by Crippen LogP contribution is -2.25. The molecule has 0 spiro atoms. The van der Waals surface area contributed by atoms with Crippen molar-refractivity contribution in [1.82, 2.24) is 14.6 Å². The second-order valence-electron chi connectivity index (χ2n) is 5.80. The Hall–Kier alpha value is -3.22. The number of aromatic carboxylic acids is 1. The van der Waals surface area contributed by atoms with Gasteiger partial charge < -0.3 is 10.0 Å². The molecule has 24 heavy (non-hydrogen) atoms. The molecule has 3 aromatic rings. The van der Waals surface area contributed by atoms with Crippen molar-refractivity contribution in [2.24, 2.45) is 0 Å². The van der Waals surface area contributed by atoms with Crippen LogP contribution in [0.2, 0.25) is 0 Å². The molecule has 4 rings (SSSR count). The molecule has 3 heterocycles. The largest absolute Gasteiger partial charge is 0.478 e. The summed E-state index contributed by atoms with van der Waals surface area (Å²) in [5.74, 6) is -1.68. The summed E-state index contributed by atoms with van der Waals surface area (Å²) in [7, 11) is 1.73. The normalized spacial score (nSPS) is 16.7. The summed E-state index contributed by atoms with van der Waals surface area (Å²) in [4.78, 5) is 30.1. The predicted molar refractivity (Wildman–Crippen MR) is 86.4 cm³/mol. The van der Waals surface area contributed by atoms with Crippen molar-refractivity contribution in [3.8, 4) is 0 Å². The zero-order valence-corrected chi connectivity index (χ0v) is 13.1. The molecule has 1 N–H and O–H groups in total. The van der Waals surface area contributed by atoms with Crippen LogP contribution in [0.5, 0.6) is 0 Å². The van der Waals surface area contributed by atoms with E-state index >= 15 is 0 Å². The molecular formula is C17H14N4O3. The van der Waals surface area contributed by atoms with Crippen LogP contribution in [0.15, 0.2) is 36.8 Å². The van der Waals surface area contributed by atoms with E-state index in [9.17, 15) is 14.7 Å². The van der Waals surface area contributed by atoms with Gasteiger partial charge in [-0.3, -0.25) is 4.79 Å². The molecule has 120 valence electrons. The molecule has 0 fully saturated rings. The minimum Gasteiger partial charge on any atom is -0.478 e. The zero-order chi connectivity index (χ0) is 17.0. The average molecular weight is 322 g/mol. The average Bonchev–Trinajstić information content (AvgIpc) is 3.04. The van der Waals surface area contributed by atoms with Crippen LogP contribution in [0.4, 0.5) is 5.69 Å². The smallest absolute Gasteiger partial charge is 0.337 e.